The highest BCUT2D eigenvalue weighted by Crippen LogP contribution is 2.27. The molecule has 0 radical (unpaired) electrons. The summed E-state index contributed by atoms with van der Waals surface area (Å²) < 4.78 is 13.0. The molecule has 168 valence electrons. The molecule has 4 aromatic rings. The van der Waals surface area contributed by atoms with Crippen LogP contribution in [0.5, 0.6) is 0 Å². The number of hydrogen-bond acceptors (Lipinski definition) is 8. The van der Waals surface area contributed by atoms with E-state index < -0.39 is 0 Å². The first kappa shape index (κ1) is 21.0. The molecule has 0 N–H and O–H groups in total. The third-order valence-electron chi connectivity index (χ3n) is 5.70. The fourth-order valence-corrected chi connectivity index (χ4v) is 3.94. The average Bonchev–Trinajstić information content (AvgIpc) is 3.13. The zero-order valence-corrected chi connectivity index (χ0v) is 18.5. The number of aromatic nitrogens is 5. The first-order valence-corrected chi connectivity index (χ1v) is 10.8. The summed E-state index contributed by atoms with van der Waals surface area (Å²) in [6, 6.07) is 13.2. The van der Waals surface area contributed by atoms with Gasteiger partial charge < -0.3 is 14.2 Å². The molecule has 1 aliphatic heterocycles. The Bertz CT molecular complexity index is 1300. The van der Waals surface area contributed by atoms with Crippen molar-refractivity contribution in [3.63, 3.8) is 0 Å². The molecule has 0 saturated carbocycles. The summed E-state index contributed by atoms with van der Waals surface area (Å²) >= 11 is 0. The van der Waals surface area contributed by atoms with Crippen LogP contribution in [0.4, 0.5) is 5.95 Å². The number of rotatable bonds is 4. The number of nitrogens with zero attached hydrogens (tertiary/aromatic N) is 6. The Morgan fingerprint density at radius 1 is 1.03 bits per heavy atom. The topological polar surface area (TPSA) is 99.2 Å². The Labute approximate surface area is 190 Å². The van der Waals surface area contributed by atoms with Crippen LogP contribution in [0.15, 0.2) is 64.2 Å². The fraction of sp³-hybridized carbons (Fsp3) is 0.292. The predicted octanol–water partition coefficient (Wildman–Crippen LogP) is 3.17. The molecule has 1 unspecified atom stereocenters. The minimum absolute atomic E-state index is 0.104. The quantitative estimate of drug-likeness (QED) is 0.473. The zero-order valence-electron chi connectivity index (χ0n) is 18.5. The maximum Gasteiger partial charge on any atom is 0.257 e. The predicted molar refractivity (Wildman–Crippen MR) is 123 cm³/mol. The van der Waals surface area contributed by atoms with Gasteiger partial charge in [-0.25, -0.2) is 4.98 Å². The van der Waals surface area contributed by atoms with Gasteiger partial charge in [0.05, 0.1) is 12.2 Å². The Kier molecular flexibility index (Phi) is 5.70. The van der Waals surface area contributed by atoms with Gasteiger partial charge in [-0.1, -0.05) is 17.3 Å². The highest BCUT2D eigenvalue weighted by atomic mass is 16.5. The van der Waals surface area contributed by atoms with Crippen LogP contribution in [-0.2, 0) is 11.8 Å². The van der Waals surface area contributed by atoms with Crippen LogP contribution in [0.25, 0.3) is 22.7 Å². The molecule has 1 aromatic carbocycles. The molecule has 0 aliphatic carbocycles. The van der Waals surface area contributed by atoms with Crippen LogP contribution in [0.1, 0.15) is 23.9 Å². The van der Waals surface area contributed by atoms with Crippen molar-refractivity contribution in [3.8, 4) is 22.7 Å². The van der Waals surface area contributed by atoms with Gasteiger partial charge in [0, 0.05) is 49.8 Å². The molecule has 0 bridgehead atoms. The lowest BCUT2D eigenvalue weighted by molar-refractivity contribution is 0.0685. The molecular formula is C24H24N6O3. The Morgan fingerprint density at radius 3 is 2.55 bits per heavy atom. The number of hydrogen-bond donors (Lipinski definition) is 0. The van der Waals surface area contributed by atoms with Crippen molar-refractivity contribution in [3.05, 3.63) is 76.6 Å². The molecule has 9 nitrogen and oxygen atoms in total. The van der Waals surface area contributed by atoms with Crippen LogP contribution in [0, 0.1) is 6.92 Å². The van der Waals surface area contributed by atoms with E-state index in [1.807, 2.05) is 36.4 Å². The minimum atomic E-state index is -0.160. The molecule has 1 fully saturated rings. The van der Waals surface area contributed by atoms with E-state index in [-0.39, 0.29) is 11.7 Å². The van der Waals surface area contributed by atoms with Crippen molar-refractivity contribution < 1.29 is 9.26 Å². The number of benzene rings is 1. The SMILES string of the molecule is Cc1noc(-c2ccc(C3CN(c4nc(-c5ccncc5)cc(=O)n4C)CCCO3)cc2)n1. The smallest absolute Gasteiger partial charge is 0.257 e. The van der Waals surface area contributed by atoms with E-state index in [0.29, 0.717) is 36.5 Å². The van der Waals surface area contributed by atoms with E-state index in [9.17, 15) is 4.79 Å². The summed E-state index contributed by atoms with van der Waals surface area (Å²) in [5, 5.41) is 3.85. The van der Waals surface area contributed by atoms with Crippen molar-refractivity contribution in [2.45, 2.75) is 19.4 Å². The number of ether oxygens (including phenoxy) is 1. The van der Waals surface area contributed by atoms with Crippen LogP contribution in [0.3, 0.4) is 0 Å². The van der Waals surface area contributed by atoms with Gasteiger partial charge in [-0.2, -0.15) is 4.98 Å². The van der Waals surface area contributed by atoms with Crippen molar-refractivity contribution in [1.29, 1.82) is 0 Å². The maximum atomic E-state index is 12.7. The van der Waals surface area contributed by atoms with Gasteiger partial charge in [0.25, 0.3) is 11.4 Å². The molecule has 1 aliphatic rings. The number of aryl methyl sites for hydroxylation is 1. The lowest BCUT2D eigenvalue weighted by Gasteiger charge is -2.27. The highest BCUT2D eigenvalue weighted by Gasteiger charge is 2.24. The lowest BCUT2D eigenvalue weighted by atomic mass is 10.1. The Morgan fingerprint density at radius 2 is 1.82 bits per heavy atom. The average molecular weight is 444 g/mol. The van der Waals surface area contributed by atoms with Gasteiger partial charge in [0.1, 0.15) is 6.10 Å². The normalized spacial score (nSPS) is 16.5. The van der Waals surface area contributed by atoms with Gasteiger partial charge in [-0.3, -0.25) is 14.3 Å². The second-order valence-electron chi connectivity index (χ2n) is 8.00. The van der Waals surface area contributed by atoms with Gasteiger partial charge in [0.2, 0.25) is 5.95 Å². The Balaban J connectivity index is 1.43. The van der Waals surface area contributed by atoms with Crippen molar-refractivity contribution in [2.24, 2.45) is 7.05 Å². The molecule has 1 saturated heterocycles. The van der Waals surface area contributed by atoms with Crippen molar-refractivity contribution in [1.82, 2.24) is 24.7 Å². The number of pyridine rings is 1. The second kappa shape index (κ2) is 8.95. The molecule has 0 spiro atoms. The van der Waals surface area contributed by atoms with Crippen LogP contribution < -0.4 is 10.5 Å². The van der Waals surface area contributed by atoms with E-state index in [0.717, 1.165) is 29.7 Å². The molecule has 3 aromatic heterocycles. The van der Waals surface area contributed by atoms with Gasteiger partial charge in [0.15, 0.2) is 5.82 Å². The van der Waals surface area contributed by atoms with Crippen LogP contribution in [0.2, 0.25) is 0 Å². The summed E-state index contributed by atoms with van der Waals surface area (Å²) in [5.74, 6) is 1.72. The van der Waals surface area contributed by atoms with E-state index in [4.69, 9.17) is 14.2 Å². The van der Waals surface area contributed by atoms with Gasteiger partial charge in [-0.05, 0) is 43.2 Å². The Hall–Kier alpha value is -3.85. The van der Waals surface area contributed by atoms with E-state index in [1.165, 1.54) is 0 Å². The highest BCUT2D eigenvalue weighted by molar-refractivity contribution is 5.59. The molecule has 0 amide bonds. The zero-order chi connectivity index (χ0) is 22.8. The molecule has 1 atom stereocenters. The first-order chi connectivity index (χ1) is 16.1. The monoisotopic (exact) mass is 444 g/mol. The van der Waals surface area contributed by atoms with E-state index in [1.54, 1.807) is 37.0 Å². The summed E-state index contributed by atoms with van der Waals surface area (Å²) in [4.78, 5) is 28.0. The summed E-state index contributed by atoms with van der Waals surface area (Å²) in [6.45, 7) is 3.75. The minimum Gasteiger partial charge on any atom is -0.372 e. The van der Waals surface area contributed by atoms with Crippen LogP contribution >= 0.6 is 0 Å². The molecule has 9 heteroatoms. The molecular weight excluding hydrogens is 420 g/mol. The summed E-state index contributed by atoms with van der Waals surface area (Å²) in [5.41, 5.74) is 3.29. The first-order valence-electron chi connectivity index (χ1n) is 10.8. The largest absolute Gasteiger partial charge is 0.372 e. The second-order valence-corrected chi connectivity index (χ2v) is 8.00. The molecule has 33 heavy (non-hydrogen) atoms. The van der Waals surface area contributed by atoms with Gasteiger partial charge in [-0.15, -0.1) is 0 Å². The molecule has 4 heterocycles. The van der Waals surface area contributed by atoms with E-state index >= 15 is 0 Å². The summed E-state index contributed by atoms with van der Waals surface area (Å²) in [7, 11) is 1.75. The van der Waals surface area contributed by atoms with Crippen molar-refractivity contribution in [2.75, 3.05) is 24.6 Å². The maximum absolute atomic E-state index is 12.7. The van der Waals surface area contributed by atoms with Crippen LogP contribution in [-0.4, -0.2) is 44.4 Å². The van der Waals surface area contributed by atoms with Gasteiger partial charge >= 0.3 is 0 Å². The standard InChI is InChI=1S/C24H24N6O3/c1-16-26-23(33-28-16)19-6-4-18(5-7-19)21-15-30(12-3-13-32-21)24-27-20(14-22(31)29(24)2)17-8-10-25-11-9-17/h4-11,14,21H,3,12-13,15H2,1-2H3. The van der Waals surface area contributed by atoms with E-state index in [2.05, 4.69) is 20.0 Å². The van der Waals surface area contributed by atoms with Crippen molar-refractivity contribution >= 4 is 5.95 Å². The third kappa shape index (κ3) is 4.40. The number of anilines is 1. The molecule has 5 rings (SSSR count). The third-order valence-corrected chi connectivity index (χ3v) is 5.70. The summed E-state index contributed by atoms with van der Waals surface area (Å²) in [6.07, 6.45) is 4.07. The fourth-order valence-electron chi connectivity index (χ4n) is 3.94. The lowest BCUT2D eigenvalue weighted by Crippen LogP contribution is -2.34.